The Morgan fingerprint density at radius 3 is 2.36 bits per heavy atom. The Kier molecular flexibility index (Phi) is 3.30. The van der Waals surface area contributed by atoms with Crippen molar-refractivity contribution < 1.29 is 14.8 Å². The molecule has 1 rings (SSSR count). The van der Waals surface area contributed by atoms with Gasteiger partial charge < -0.3 is 5.11 Å². The van der Waals surface area contributed by atoms with Crippen LogP contribution in [0.3, 0.4) is 0 Å². The summed E-state index contributed by atoms with van der Waals surface area (Å²) in [6.07, 6.45) is 0.0395. The van der Waals surface area contributed by atoms with Crippen LogP contribution in [-0.4, -0.2) is 22.4 Å². The van der Waals surface area contributed by atoms with Gasteiger partial charge in [0.05, 0.1) is 11.5 Å². The molecule has 0 unspecified atom stereocenters. The molecule has 0 spiro atoms. The predicted molar refractivity (Wildman–Crippen MR) is 49.1 cm³/mol. The number of ketones is 1. The molecule has 0 saturated carbocycles. The molecular formula is C9H9NO4. The highest BCUT2D eigenvalue weighted by Gasteiger charge is 2.08. The Bertz CT molecular complexity index is 344. The molecule has 0 bridgehead atoms. The number of hydrogen-bond donors (Lipinski definition) is 1. The predicted octanol–water partition coefficient (Wildman–Crippen LogP) is 1.16. The van der Waals surface area contributed by atoms with Crippen molar-refractivity contribution in [2.45, 2.75) is 6.42 Å². The molecule has 1 N–H and O–H groups in total. The van der Waals surface area contributed by atoms with Crippen molar-refractivity contribution in [3.63, 3.8) is 0 Å². The van der Waals surface area contributed by atoms with E-state index in [0.29, 0.717) is 5.56 Å². The summed E-state index contributed by atoms with van der Waals surface area (Å²) in [7, 11) is 0. The number of nitrogens with zero attached hydrogens (tertiary/aromatic N) is 1. The number of Topliss-reactive ketones (excluding diaryl/α,β-unsaturated/α-hetero) is 1. The lowest BCUT2D eigenvalue weighted by molar-refractivity contribution is -0.384. The Hall–Kier alpha value is -1.75. The number of aliphatic hydroxyl groups excluding tert-OH is 1. The van der Waals surface area contributed by atoms with E-state index in [1.807, 2.05) is 0 Å². The molecule has 0 aliphatic rings. The van der Waals surface area contributed by atoms with Crippen molar-refractivity contribution in [2.75, 3.05) is 6.61 Å². The van der Waals surface area contributed by atoms with Gasteiger partial charge in [-0.3, -0.25) is 14.9 Å². The highest BCUT2D eigenvalue weighted by atomic mass is 16.6. The molecule has 0 aliphatic carbocycles. The van der Waals surface area contributed by atoms with Crippen LogP contribution in [0.25, 0.3) is 0 Å². The number of non-ortho nitro benzene ring substituents is 1. The fourth-order valence-corrected chi connectivity index (χ4v) is 1.01. The van der Waals surface area contributed by atoms with E-state index in [0.717, 1.165) is 0 Å². The van der Waals surface area contributed by atoms with Crippen molar-refractivity contribution in [3.8, 4) is 0 Å². The summed E-state index contributed by atoms with van der Waals surface area (Å²) >= 11 is 0. The number of benzene rings is 1. The normalized spacial score (nSPS) is 9.79. The van der Waals surface area contributed by atoms with Gasteiger partial charge >= 0.3 is 0 Å². The number of nitro benzene ring substituents is 1. The molecule has 74 valence electrons. The average Bonchev–Trinajstić information content (AvgIpc) is 2.18. The van der Waals surface area contributed by atoms with Crippen LogP contribution in [-0.2, 0) is 0 Å². The van der Waals surface area contributed by atoms with Crippen LogP contribution in [0.1, 0.15) is 16.8 Å². The smallest absolute Gasteiger partial charge is 0.269 e. The molecule has 0 heterocycles. The first kappa shape index (κ1) is 10.3. The first-order valence-electron chi connectivity index (χ1n) is 4.03. The third kappa shape index (κ3) is 2.37. The highest BCUT2D eigenvalue weighted by molar-refractivity contribution is 5.96. The summed E-state index contributed by atoms with van der Waals surface area (Å²) in [5.74, 6) is -0.220. The van der Waals surface area contributed by atoms with E-state index < -0.39 is 4.92 Å². The van der Waals surface area contributed by atoms with E-state index in [9.17, 15) is 14.9 Å². The third-order valence-corrected chi connectivity index (χ3v) is 1.74. The second-order valence-electron chi connectivity index (χ2n) is 2.70. The Morgan fingerprint density at radius 1 is 1.36 bits per heavy atom. The van der Waals surface area contributed by atoms with Gasteiger partial charge in [-0.05, 0) is 12.1 Å². The molecule has 0 aromatic heterocycles. The van der Waals surface area contributed by atoms with Crippen LogP contribution in [0.2, 0.25) is 0 Å². The molecule has 0 atom stereocenters. The minimum Gasteiger partial charge on any atom is -0.396 e. The van der Waals surface area contributed by atoms with Crippen molar-refractivity contribution in [1.29, 1.82) is 0 Å². The maximum absolute atomic E-state index is 11.2. The summed E-state index contributed by atoms with van der Waals surface area (Å²) in [5.41, 5.74) is 0.329. The third-order valence-electron chi connectivity index (χ3n) is 1.74. The van der Waals surface area contributed by atoms with Gasteiger partial charge in [-0.25, -0.2) is 0 Å². The lowest BCUT2D eigenvalue weighted by Crippen LogP contribution is -2.01. The maximum Gasteiger partial charge on any atom is 0.269 e. The van der Waals surface area contributed by atoms with E-state index in [1.165, 1.54) is 24.3 Å². The molecule has 0 amide bonds. The second kappa shape index (κ2) is 4.48. The number of carbonyl (C=O) groups is 1. The Labute approximate surface area is 80.1 Å². The van der Waals surface area contributed by atoms with Gasteiger partial charge in [-0.15, -0.1) is 0 Å². The van der Waals surface area contributed by atoms with Gasteiger partial charge in [0.1, 0.15) is 0 Å². The van der Waals surface area contributed by atoms with Crippen LogP contribution in [0.5, 0.6) is 0 Å². The minimum absolute atomic E-state index is 0.0395. The summed E-state index contributed by atoms with van der Waals surface area (Å²) in [4.78, 5) is 21.0. The number of hydrogen-bond acceptors (Lipinski definition) is 4. The number of aliphatic hydroxyl groups is 1. The van der Waals surface area contributed by atoms with Gasteiger partial charge in [0, 0.05) is 24.1 Å². The zero-order chi connectivity index (χ0) is 10.6. The van der Waals surface area contributed by atoms with Crippen LogP contribution < -0.4 is 0 Å². The monoisotopic (exact) mass is 195 g/mol. The van der Waals surface area contributed by atoms with Crippen LogP contribution in [0.4, 0.5) is 5.69 Å². The van der Waals surface area contributed by atoms with Crippen molar-refractivity contribution in [3.05, 3.63) is 39.9 Å². The lowest BCUT2D eigenvalue weighted by Gasteiger charge is -1.97. The van der Waals surface area contributed by atoms with E-state index in [2.05, 4.69) is 0 Å². The molecule has 5 heteroatoms. The van der Waals surface area contributed by atoms with Crippen LogP contribution >= 0.6 is 0 Å². The quantitative estimate of drug-likeness (QED) is 0.444. The molecule has 0 saturated heterocycles. The van der Waals surface area contributed by atoms with Crippen molar-refractivity contribution in [1.82, 2.24) is 0 Å². The topological polar surface area (TPSA) is 80.4 Å². The Morgan fingerprint density at radius 2 is 1.93 bits per heavy atom. The van der Waals surface area contributed by atoms with Gasteiger partial charge in [0.25, 0.3) is 5.69 Å². The maximum atomic E-state index is 11.2. The summed E-state index contributed by atoms with van der Waals surface area (Å²) in [6, 6.07) is 5.31. The van der Waals surface area contributed by atoms with Crippen LogP contribution in [0.15, 0.2) is 24.3 Å². The molecule has 14 heavy (non-hydrogen) atoms. The number of nitro groups is 1. The zero-order valence-corrected chi connectivity index (χ0v) is 7.34. The van der Waals surface area contributed by atoms with Gasteiger partial charge in [0.15, 0.2) is 5.78 Å². The van der Waals surface area contributed by atoms with E-state index >= 15 is 0 Å². The molecule has 5 nitrogen and oxygen atoms in total. The fraction of sp³-hybridized carbons (Fsp3) is 0.222. The molecule has 0 aliphatic heterocycles. The lowest BCUT2D eigenvalue weighted by atomic mass is 10.1. The summed E-state index contributed by atoms with van der Waals surface area (Å²) in [5, 5.41) is 18.8. The van der Waals surface area contributed by atoms with E-state index in [-0.39, 0.29) is 24.5 Å². The average molecular weight is 195 g/mol. The zero-order valence-electron chi connectivity index (χ0n) is 7.34. The SMILES string of the molecule is O=C(CCO)c1ccc([N+](=O)[O-])cc1. The molecule has 0 radical (unpaired) electrons. The van der Waals surface area contributed by atoms with Gasteiger partial charge in [-0.1, -0.05) is 0 Å². The standard InChI is InChI=1S/C9H9NO4/c11-6-5-9(12)7-1-3-8(4-2-7)10(13)14/h1-4,11H,5-6H2. The number of rotatable bonds is 4. The fourth-order valence-electron chi connectivity index (χ4n) is 1.01. The number of carbonyl (C=O) groups excluding carboxylic acids is 1. The van der Waals surface area contributed by atoms with E-state index in [1.54, 1.807) is 0 Å². The summed E-state index contributed by atoms with van der Waals surface area (Å²) < 4.78 is 0. The molecule has 1 aromatic carbocycles. The van der Waals surface area contributed by atoms with Crippen LogP contribution in [0, 0.1) is 10.1 Å². The molecule has 0 fully saturated rings. The van der Waals surface area contributed by atoms with Gasteiger partial charge in [0.2, 0.25) is 0 Å². The molecular weight excluding hydrogens is 186 g/mol. The second-order valence-corrected chi connectivity index (χ2v) is 2.70. The first-order valence-corrected chi connectivity index (χ1v) is 4.03. The van der Waals surface area contributed by atoms with Gasteiger partial charge in [-0.2, -0.15) is 0 Å². The van der Waals surface area contributed by atoms with Crippen molar-refractivity contribution in [2.24, 2.45) is 0 Å². The van der Waals surface area contributed by atoms with Crippen molar-refractivity contribution >= 4 is 11.5 Å². The first-order chi connectivity index (χ1) is 6.65. The van der Waals surface area contributed by atoms with E-state index in [4.69, 9.17) is 5.11 Å². The minimum atomic E-state index is -0.527. The largest absolute Gasteiger partial charge is 0.396 e. The Balaban J connectivity index is 2.83. The summed E-state index contributed by atoms with van der Waals surface area (Å²) in [6.45, 7) is -0.212. The molecule has 1 aromatic rings. The highest BCUT2D eigenvalue weighted by Crippen LogP contribution is 2.12.